The highest BCUT2D eigenvalue weighted by Crippen LogP contribution is 2.11. The van der Waals surface area contributed by atoms with E-state index >= 15 is 0 Å². The Morgan fingerprint density at radius 3 is 3.06 bits per heavy atom. The first-order valence-corrected chi connectivity index (χ1v) is 5.93. The van der Waals surface area contributed by atoms with Gasteiger partial charge in [0.05, 0.1) is 19.3 Å². The first-order valence-electron chi connectivity index (χ1n) is 5.93. The number of nitrogens with one attached hydrogen (secondary N) is 2. The molecule has 94 valence electrons. The van der Waals surface area contributed by atoms with Gasteiger partial charge in [-0.05, 0) is 19.9 Å². The molecule has 1 aliphatic rings. The van der Waals surface area contributed by atoms with Gasteiger partial charge < -0.3 is 20.1 Å². The lowest BCUT2D eigenvalue weighted by Gasteiger charge is -2.10. The van der Waals surface area contributed by atoms with Gasteiger partial charge in [-0.1, -0.05) is 0 Å². The molecule has 0 aromatic carbocycles. The van der Waals surface area contributed by atoms with E-state index in [2.05, 4.69) is 10.6 Å². The van der Waals surface area contributed by atoms with E-state index in [9.17, 15) is 4.79 Å². The minimum atomic E-state index is 0.0441. The van der Waals surface area contributed by atoms with Crippen molar-refractivity contribution < 1.29 is 14.3 Å². The van der Waals surface area contributed by atoms with Crippen molar-refractivity contribution in [1.82, 2.24) is 10.6 Å². The molecule has 1 saturated heterocycles. The van der Waals surface area contributed by atoms with Gasteiger partial charge in [0.1, 0.15) is 0 Å². The summed E-state index contributed by atoms with van der Waals surface area (Å²) in [6, 6.07) is 0. The summed E-state index contributed by atoms with van der Waals surface area (Å²) in [6.07, 6.45) is 2.87. The number of ether oxygens (including phenoxy) is 2. The normalized spacial score (nSPS) is 19.9. The number of likely N-dealkylation sites (N-methyl/N-ethyl adjacent to an activating group) is 1. The Bertz CT molecular complexity index is 194. The molecule has 0 radical (unpaired) electrons. The van der Waals surface area contributed by atoms with Crippen LogP contribution in [0.15, 0.2) is 0 Å². The molecule has 1 aliphatic heterocycles. The van der Waals surface area contributed by atoms with E-state index < -0.39 is 0 Å². The first kappa shape index (κ1) is 13.4. The van der Waals surface area contributed by atoms with E-state index in [0.717, 1.165) is 26.0 Å². The summed E-state index contributed by atoms with van der Waals surface area (Å²) in [5.74, 6) is 0.0441. The van der Waals surface area contributed by atoms with Crippen LogP contribution >= 0.6 is 0 Å². The molecule has 1 atom stereocenters. The number of carbonyl (C=O) groups is 1. The van der Waals surface area contributed by atoms with Crippen molar-refractivity contribution in [2.45, 2.75) is 25.4 Å². The topological polar surface area (TPSA) is 59.6 Å². The molecule has 0 aromatic heterocycles. The zero-order valence-electron chi connectivity index (χ0n) is 9.96. The molecule has 1 unspecified atom stereocenters. The third-order valence-electron chi connectivity index (χ3n) is 2.50. The summed E-state index contributed by atoms with van der Waals surface area (Å²) in [6.45, 7) is 3.40. The van der Waals surface area contributed by atoms with Gasteiger partial charge in [0, 0.05) is 26.1 Å². The molecule has 2 N–H and O–H groups in total. The lowest BCUT2D eigenvalue weighted by atomic mass is 10.2. The summed E-state index contributed by atoms with van der Waals surface area (Å²) in [7, 11) is 1.86. The van der Waals surface area contributed by atoms with Gasteiger partial charge in [-0.3, -0.25) is 4.79 Å². The fourth-order valence-corrected chi connectivity index (χ4v) is 1.57. The van der Waals surface area contributed by atoms with E-state index in [0.29, 0.717) is 26.2 Å². The van der Waals surface area contributed by atoms with E-state index in [1.165, 1.54) is 0 Å². The average molecular weight is 230 g/mol. The van der Waals surface area contributed by atoms with Crippen LogP contribution in [-0.2, 0) is 14.3 Å². The highest BCUT2D eigenvalue weighted by atomic mass is 16.5. The molecule has 0 spiro atoms. The van der Waals surface area contributed by atoms with Crippen molar-refractivity contribution in [3.05, 3.63) is 0 Å². The highest BCUT2D eigenvalue weighted by molar-refractivity contribution is 5.75. The maximum atomic E-state index is 11.3. The Kier molecular flexibility index (Phi) is 7.12. The molecular formula is C11H22N2O3. The van der Waals surface area contributed by atoms with Crippen molar-refractivity contribution >= 4 is 5.91 Å². The SMILES string of the molecule is CNCCNC(=O)CCOCC1CCCO1. The Balaban J connectivity index is 1.87. The fourth-order valence-electron chi connectivity index (χ4n) is 1.57. The van der Waals surface area contributed by atoms with E-state index in [4.69, 9.17) is 9.47 Å². The Morgan fingerprint density at radius 2 is 2.38 bits per heavy atom. The quantitative estimate of drug-likeness (QED) is 0.572. The predicted octanol–water partition coefficient (Wildman–Crippen LogP) is -0.0923. The molecular weight excluding hydrogens is 208 g/mol. The van der Waals surface area contributed by atoms with Crippen LogP contribution in [0.2, 0.25) is 0 Å². The second kappa shape index (κ2) is 8.50. The Morgan fingerprint density at radius 1 is 1.50 bits per heavy atom. The summed E-state index contributed by atoms with van der Waals surface area (Å²) in [4.78, 5) is 11.3. The molecule has 1 amide bonds. The van der Waals surface area contributed by atoms with Gasteiger partial charge >= 0.3 is 0 Å². The first-order chi connectivity index (χ1) is 7.83. The molecule has 1 fully saturated rings. The van der Waals surface area contributed by atoms with Crippen molar-refractivity contribution in [2.75, 3.05) is 40.0 Å². The number of hydrogen-bond acceptors (Lipinski definition) is 4. The minimum Gasteiger partial charge on any atom is -0.378 e. The molecule has 5 heteroatoms. The molecule has 0 saturated carbocycles. The number of rotatable bonds is 8. The lowest BCUT2D eigenvalue weighted by molar-refractivity contribution is -0.122. The maximum Gasteiger partial charge on any atom is 0.222 e. The molecule has 1 rings (SSSR count). The molecule has 1 heterocycles. The van der Waals surface area contributed by atoms with Gasteiger partial charge in [0.15, 0.2) is 0 Å². The van der Waals surface area contributed by atoms with Crippen molar-refractivity contribution in [1.29, 1.82) is 0 Å². The zero-order valence-corrected chi connectivity index (χ0v) is 9.96. The molecule has 0 aromatic rings. The lowest BCUT2D eigenvalue weighted by Crippen LogP contribution is -2.31. The zero-order chi connectivity index (χ0) is 11.6. The van der Waals surface area contributed by atoms with Crippen LogP contribution < -0.4 is 10.6 Å². The monoisotopic (exact) mass is 230 g/mol. The van der Waals surface area contributed by atoms with Crippen LogP contribution in [-0.4, -0.2) is 52.0 Å². The van der Waals surface area contributed by atoms with Crippen LogP contribution in [0, 0.1) is 0 Å². The van der Waals surface area contributed by atoms with E-state index in [-0.39, 0.29) is 12.0 Å². The summed E-state index contributed by atoms with van der Waals surface area (Å²) in [5.41, 5.74) is 0. The van der Waals surface area contributed by atoms with Crippen LogP contribution in [0.4, 0.5) is 0 Å². The average Bonchev–Trinajstić information content (AvgIpc) is 2.78. The molecule has 0 bridgehead atoms. The third-order valence-corrected chi connectivity index (χ3v) is 2.50. The largest absolute Gasteiger partial charge is 0.378 e. The van der Waals surface area contributed by atoms with Crippen molar-refractivity contribution in [3.8, 4) is 0 Å². The third kappa shape index (κ3) is 6.05. The summed E-state index contributed by atoms with van der Waals surface area (Å²) >= 11 is 0. The van der Waals surface area contributed by atoms with Gasteiger partial charge in [-0.2, -0.15) is 0 Å². The van der Waals surface area contributed by atoms with E-state index in [1.54, 1.807) is 0 Å². The van der Waals surface area contributed by atoms with Gasteiger partial charge in [-0.25, -0.2) is 0 Å². The molecule has 16 heavy (non-hydrogen) atoms. The number of amides is 1. The second-order valence-electron chi connectivity index (χ2n) is 3.91. The highest BCUT2D eigenvalue weighted by Gasteiger charge is 2.15. The fraction of sp³-hybridized carbons (Fsp3) is 0.909. The smallest absolute Gasteiger partial charge is 0.222 e. The molecule has 5 nitrogen and oxygen atoms in total. The maximum absolute atomic E-state index is 11.3. The Labute approximate surface area is 96.9 Å². The predicted molar refractivity (Wildman–Crippen MR) is 61.3 cm³/mol. The van der Waals surface area contributed by atoms with Crippen LogP contribution in [0.3, 0.4) is 0 Å². The number of hydrogen-bond donors (Lipinski definition) is 2. The second-order valence-corrected chi connectivity index (χ2v) is 3.91. The Hall–Kier alpha value is -0.650. The molecule has 0 aliphatic carbocycles. The van der Waals surface area contributed by atoms with Gasteiger partial charge in [0.25, 0.3) is 0 Å². The van der Waals surface area contributed by atoms with Gasteiger partial charge in [-0.15, -0.1) is 0 Å². The van der Waals surface area contributed by atoms with Gasteiger partial charge in [0.2, 0.25) is 5.91 Å². The van der Waals surface area contributed by atoms with Crippen LogP contribution in [0.1, 0.15) is 19.3 Å². The van der Waals surface area contributed by atoms with Crippen molar-refractivity contribution in [2.24, 2.45) is 0 Å². The van der Waals surface area contributed by atoms with E-state index in [1.807, 2.05) is 7.05 Å². The standard InChI is InChI=1S/C11H22N2O3/c1-12-5-6-13-11(14)4-8-15-9-10-3-2-7-16-10/h10,12H,2-9H2,1H3,(H,13,14). The minimum absolute atomic E-state index is 0.0441. The summed E-state index contributed by atoms with van der Waals surface area (Å²) in [5, 5.41) is 5.76. The van der Waals surface area contributed by atoms with Crippen LogP contribution in [0.5, 0.6) is 0 Å². The summed E-state index contributed by atoms with van der Waals surface area (Å²) < 4.78 is 10.8. The van der Waals surface area contributed by atoms with Crippen molar-refractivity contribution in [3.63, 3.8) is 0 Å². The number of carbonyl (C=O) groups excluding carboxylic acids is 1. The van der Waals surface area contributed by atoms with Crippen LogP contribution in [0.25, 0.3) is 0 Å².